The summed E-state index contributed by atoms with van der Waals surface area (Å²) in [4.78, 5) is 2.39. The van der Waals surface area contributed by atoms with E-state index in [1.165, 1.54) is 97.7 Å². The molecule has 0 unspecified atom stereocenters. The number of hydrogen-bond acceptors (Lipinski definition) is 2. The van der Waals surface area contributed by atoms with E-state index in [4.69, 9.17) is 0 Å². The van der Waals surface area contributed by atoms with Crippen LogP contribution >= 0.6 is 11.3 Å². The largest absolute Gasteiger partial charge is 0.311 e. The molecule has 298 valence electrons. The average Bonchev–Trinajstić information content (AvgIpc) is 3.84. The third-order valence-electron chi connectivity index (χ3n) is 13.3. The van der Waals surface area contributed by atoms with Crippen molar-refractivity contribution in [2.24, 2.45) is 0 Å². The van der Waals surface area contributed by atoms with Crippen LogP contribution < -0.4 is 4.90 Å². The maximum atomic E-state index is 2.39. The van der Waals surface area contributed by atoms with Gasteiger partial charge in [-0.15, -0.1) is 11.3 Å². The third kappa shape index (κ3) is 6.21. The van der Waals surface area contributed by atoms with Crippen molar-refractivity contribution in [1.29, 1.82) is 0 Å². The highest BCUT2D eigenvalue weighted by Crippen LogP contribution is 2.52. The van der Waals surface area contributed by atoms with Gasteiger partial charge in [0.2, 0.25) is 0 Å². The number of thiophene rings is 1. The zero-order valence-electron chi connectivity index (χ0n) is 35.2. The molecule has 0 N–H and O–H groups in total. The molecular weight excluding hydrogens is 779 g/mol. The van der Waals surface area contributed by atoms with Crippen LogP contribution in [0.5, 0.6) is 0 Å². The SMILES string of the molecule is CC1(C)c2ccccc2-c2cccc(-c3ccc(N(c4ccc(-c5cccc(-c6cccc7ccccc67)c5)cc4)c4ccc(-c5cccc6c5sc5ccccc56)cc4)cc3)c21. The van der Waals surface area contributed by atoms with Gasteiger partial charge in [-0.2, -0.15) is 0 Å². The molecule has 0 aliphatic heterocycles. The Kier molecular flexibility index (Phi) is 8.77. The Bertz CT molecular complexity index is 3510. The first kappa shape index (κ1) is 37.3. The molecule has 0 fully saturated rings. The first-order chi connectivity index (χ1) is 31.0. The number of nitrogens with zero attached hydrogens (tertiary/aromatic N) is 1. The molecule has 2 heteroatoms. The van der Waals surface area contributed by atoms with Gasteiger partial charge in [-0.3, -0.25) is 0 Å². The molecule has 0 radical (unpaired) electrons. The van der Waals surface area contributed by atoms with E-state index in [1.54, 1.807) is 0 Å². The van der Waals surface area contributed by atoms with E-state index < -0.39 is 0 Å². The Morgan fingerprint density at radius 2 is 0.857 bits per heavy atom. The maximum absolute atomic E-state index is 2.39. The van der Waals surface area contributed by atoms with Crippen molar-refractivity contribution in [3.8, 4) is 55.6 Å². The van der Waals surface area contributed by atoms with E-state index in [0.717, 1.165) is 17.1 Å². The highest BCUT2D eigenvalue weighted by atomic mass is 32.1. The van der Waals surface area contributed by atoms with Crippen LogP contribution in [-0.4, -0.2) is 0 Å². The summed E-state index contributed by atoms with van der Waals surface area (Å²) in [6.07, 6.45) is 0. The fraction of sp³-hybridized carbons (Fsp3) is 0.0492. The lowest BCUT2D eigenvalue weighted by Crippen LogP contribution is -2.16. The zero-order valence-corrected chi connectivity index (χ0v) is 36.0. The van der Waals surface area contributed by atoms with Crippen molar-refractivity contribution < 1.29 is 0 Å². The Balaban J connectivity index is 0.932. The minimum Gasteiger partial charge on any atom is -0.311 e. The fourth-order valence-corrected chi connectivity index (χ4v) is 11.5. The predicted octanol–water partition coefficient (Wildman–Crippen LogP) is 17.7. The summed E-state index contributed by atoms with van der Waals surface area (Å²) in [7, 11) is 0. The van der Waals surface area contributed by atoms with Crippen LogP contribution in [0.25, 0.3) is 86.6 Å². The summed E-state index contributed by atoms with van der Waals surface area (Å²) in [6, 6.07) is 82.7. The molecule has 12 rings (SSSR count). The van der Waals surface area contributed by atoms with Crippen molar-refractivity contribution in [3.63, 3.8) is 0 Å². The molecule has 0 bridgehead atoms. The fourth-order valence-electron chi connectivity index (χ4n) is 10.2. The van der Waals surface area contributed by atoms with Crippen LogP contribution in [0, 0.1) is 0 Å². The monoisotopic (exact) mass is 821 g/mol. The van der Waals surface area contributed by atoms with Crippen LogP contribution in [0.4, 0.5) is 17.1 Å². The number of rotatable bonds is 7. The molecule has 63 heavy (non-hydrogen) atoms. The number of benzene rings is 10. The van der Waals surface area contributed by atoms with Gasteiger partial charge in [0.1, 0.15) is 0 Å². The van der Waals surface area contributed by atoms with Gasteiger partial charge in [0.25, 0.3) is 0 Å². The number of hydrogen-bond donors (Lipinski definition) is 0. The molecule has 11 aromatic rings. The van der Waals surface area contributed by atoms with Gasteiger partial charge in [0, 0.05) is 42.6 Å². The topological polar surface area (TPSA) is 3.24 Å². The Morgan fingerprint density at radius 3 is 1.63 bits per heavy atom. The van der Waals surface area contributed by atoms with Gasteiger partial charge in [0.15, 0.2) is 0 Å². The summed E-state index contributed by atoms with van der Waals surface area (Å²) in [5.74, 6) is 0. The van der Waals surface area contributed by atoms with E-state index in [1.807, 2.05) is 11.3 Å². The molecule has 1 nitrogen and oxygen atoms in total. The summed E-state index contributed by atoms with van der Waals surface area (Å²) in [5, 5.41) is 5.16. The predicted molar refractivity (Wildman–Crippen MR) is 271 cm³/mol. The van der Waals surface area contributed by atoms with Crippen molar-refractivity contribution >= 4 is 59.3 Å². The van der Waals surface area contributed by atoms with Gasteiger partial charge in [-0.25, -0.2) is 0 Å². The minimum atomic E-state index is -0.0920. The lowest BCUT2D eigenvalue weighted by atomic mass is 9.79. The Hall–Kier alpha value is -7.52. The molecule has 0 atom stereocenters. The Labute approximate surface area is 372 Å². The van der Waals surface area contributed by atoms with E-state index >= 15 is 0 Å². The quantitative estimate of drug-likeness (QED) is 0.155. The van der Waals surface area contributed by atoms with Gasteiger partial charge < -0.3 is 4.90 Å². The molecule has 0 amide bonds. The highest BCUT2D eigenvalue weighted by Gasteiger charge is 2.37. The lowest BCUT2D eigenvalue weighted by molar-refractivity contribution is 0.662. The molecule has 1 aromatic heterocycles. The zero-order chi connectivity index (χ0) is 42.1. The molecule has 1 aliphatic carbocycles. The molecular formula is C61H43NS. The summed E-state index contributed by atoms with van der Waals surface area (Å²) >= 11 is 1.88. The second kappa shape index (κ2) is 14.8. The number of anilines is 3. The first-order valence-corrected chi connectivity index (χ1v) is 22.6. The summed E-state index contributed by atoms with van der Waals surface area (Å²) in [5.41, 5.74) is 18.6. The van der Waals surface area contributed by atoms with Gasteiger partial charge in [-0.1, -0.05) is 190 Å². The standard InChI is InChI=1S/C61H43NS/c1-61(2)57-25-7-5-18-53(57)55-23-11-21-51(59(55)61)42-29-35-47(36-30-42)62(48-37-31-43(32-38-48)52-22-12-24-56-54-19-6-8-26-58(54)63-60(52)56)46-33-27-40(28-34-46)44-15-9-16-45(39-44)50-20-10-14-41-13-3-4-17-49(41)50/h3-39H,1-2H3. The van der Waals surface area contributed by atoms with Gasteiger partial charge in [0.05, 0.1) is 0 Å². The molecule has 0 spiro atoms. The second-order valence-corrected chi connectivity index (χ2v) is 18.3. The van der Waals surface area contributed by atoms with E-state index in [9.17, 15) is 0 Å². The van der Waals surface area contributed by atoms with Crippen molar-refractivity contribution in [2.75, 3.05) is 4.90 Å². The van der Waals surface area contributed by atoms with Crippen LogP contribution in [0.3, 0.4) is 0 Å². The maximum Gasteiger partial charge on any atom is 0.0462 e. The van der Waals surface area contributed by atoms with Crippen LogP contribution in [-0.2, 0) is 5.41 Å². The normalized spacial score (nSPS) is 12.7. The summed E-state index contributed by atoms with van der Waals surface area (Å²) in [6.45, 7) is 4.73. The van der Waals surface area contributed by atoms with Crippen LogP contribution in [0.15, 0.2) is 224 Å². The minimum absolute atomic E-state index is 0.0920. The smallest absolute Gasteiger partial charge is 0.0462 e. The van der Waals surface area contributed by atoms with Crippen LogP contribution in [0.1, 0.15) is 25.0 Å². The molecule has 0 saturated carbocycles. The van der Waals surface area contributed by atoms with Gasteiger partial charge in [-0.05, 0) is 126 Å². The Morgan fingerprint density at radius 1 is 0.349 bits per heavy atom. The van der Waals surface area contributed by atoms with Gasteiger partial charge >= 0.3 is 0 Å². The number of fused-ring (bicyclic) bond motifs is 7. The van der Waals surface area contributed by atoms with Crippen molar-refractivity contribution in [1.82, 2.24) is 0 Å². The molecule has 10 aromatic carbocycles. The average molecular weight is 822 g/mol. The first-order valence-electron chi connectivity index (χ1n) is 21.8. The third-order valence-corrected chi connectivity index (χ3v) is 14.5. The summed E-state index contributed by atoms with van der Waals surface area (Å²) < 4.78 is 2.65. The molecule has 1 aliphatic rings. The van der Waals surface area contributed by atoms with E-state index in [-0.39, 0.29) is 5.41 Å². The second-order valence-electron chi connectivity index (χ2n) is 17.3. The molecule has 0 saturated heterocycles. The molecule has 1 heterocycles. The van der Waals surface area contributed by atoms with E-state index in [0.29, 0.717) is 0 Å². The van der Waals surface area contributed by atoms with Crippen molar-refractivity contribution in [2.45, 2.75) is 19.3 Å². The van der Waals surface area contributed by atoms with Crippen molar-refractivity contribution in [3.05, 3.63) is 236 Å². The van der Waals surface area contributed by atoms with E-state index in [2.05, 4.69) is 243 Å². The highest BCUT2D eigenvalue weighted by molar-refractivity contribution is 7.26. The lowest BCUT2D eigenvalue weighted by Gasteiger charge is -2.27. The van der Waals surface area contributed by atoms with Crippen LogP contribution in [0.2, 0.25) is 0 Å².